The number of aromatic nitrogens is 7. The second kappa shape index (κ2) is 9.97. The predicted molar refractivity (Wildman–Crippen MR) is 138 cm³/mol. The standard InChI is InChI=1S/C21H21Cl2N9O2S2/c1-30-2-4-31(5-3-30)15-9-34-10-16(15)32-20(27-28-29-32)36-19-18(17-8-24-21(33)35-17)25-13-6-11(22)12(23)7-14(13)26-19/h6-8,15-16H,2-5,9-10H2,1H3,(H,24,33). The van der Waals surface area contributed by atoms with Gasteiger partial charge in [-0.3, -0.25) is 9.69 Å². The van der Waals surface area contributed by atoms with Crippen LogP contribution in [0.3, 0.4) is 0 Å². The van der Waals surface area contributed by atoms with Gasteiger partial charge in [0.2, 0.25) is 5.16 Å². The first kappa shape index (κ1) is 24.2. The average Bonchev–Trinajstić information content (AvgIpc) is 3.61. The highest BCUT2D eigenvalue weighted by Crippen LogP contribution is 2.37. The Balaban J connectivity index is 1.37. The Morgan fingerprint density at radius 3 is 2.53 bits per heavy atom. The minimum atomic E-state index is -0.181. The molecule has 0 saturated carbocycles. The predicted octanol–water partition coefficient (Wildman–Crippen LogP) is 2.68. The number of aromatic amines is 1. The molecule has 4 aromatic rings. The maximum Gasteiger partial charge on any atom is 0.305 e. The molecule has 3 aromatic heterocycles. The molecule has 2 atom stereocenters. The number of rotatable bonds is 5. The van der Waals surface area contributed by atoms with Gasteiger partial charge in [0.25, 0.3) is 0 Å². The molecule has 188 valence electrons. The summed E-state index contributed by atoms with van der Waals surface area (Å²) in [6.07, 6.45) is 1.63. The number of hydrogen-bond acceptors (Lipinski definition) is 11. The van der Waals surface area contributed by atoms with E-state index in [0.717, 1.165) is 37.5 Å². The van der Waals surface area contributed by atoms with Crippen molar-refractivity contribution in [3.63, 3.8) is 0 Å². The molecule has 11 nitrogen and oxygen atoms in total. The Kier molecular flexibility index (Phi) is 6.71. The molecule has 36 heavy (non-hydrogen) atoms. The van der Waals surface area contributed by atoms with Crippen molar-refractivity contribution in [2.75, 3.05) is 46.4 Å². The molecular weight excluding hydrogens is 545 g/mol. The molecule has 0 bridgehead atoms. The van der Waals surface area contributed by atoms with Crippen molar-refractivity contribution in [2.45, 2.75) is 22.3 Å². The summed E-state index contributed by atoms with van der Waals surface area (Å²) in [5, 5.41) is 14.5. The topological polar surface area (TPSA) is 118 Å². The van der Waals surface area contributed by atoms with Gasteiger partial charge in [-0.1, -0.05) is 34.5 Å². The van der Waals surface area contributed by atoms with Crippen LogP contribution in [0.4, 0.5) is 0 Å². The third-order valence-electron chi connectivity index (χ3n) is 6.42. The van der Waals surface area contributed by atoms with E-state index >= 15 is 0 Å². The Labute approximate surface area is 223 Å². The third-order valence-corrected chi connectivity index (χ3v) is 8.91. The number of fused-ring (bicyclic) bond motifs is 1. The molecule has 2 saturated heterocycles. The summed E-state index contributed by atoms with van der Waals surface area (Å²) in [6.45, 7) is 5.14. The van der Waals surface area contributed by atoms with Crippen LogP contribution in [0.5, 0.6) is 0 Å². The Hall–Kier alpha value is -2.13. The Morgan fingerprint density at radius 1 is 1.08 bits per heavy atom. The van der Waals surface area contributed by atoms with Crippen LogP contribution in [0.1, 0.15) is 6.04 Å². The lowest BCUT2D eigenvalue weighted by atomic mass is 10.1. The van der Waals surface area contributed by atoms with Gasteiger partial charge in [-0.2, -0.15) is 0 Å². The van der Waals surface area contributed by atoms with E-state index in [1.165, 1.54) is 11.8 Å². The summed E-state index contributed by atoms with van der Waals surface area (Å²) in [4.78, 5) is 29.4. The molecule has 2 aliphatic heterocycles. The van der Waals surface area contributed by atoms with Crippen LogP contribution in [0.25, 0.3) is 21.6 Å². The summed E-state index contributed by atoms with van der Waals surface area (Å²) in [5.41, 5.74) is 1.70. The van der Waals surface area contributed by atoms with Crippen molar-refractivity contribution in [3.05, 3.63) is 38.0 Å². The molecule has 0 spiro atoms. The lowest BCUT2D eigenvalue weighted by molar-refractivity contribution is 0.0862. The number of piperazine rings is 1. The molecular formula is C21H21Cl2N9O2S2. The van der Waals surface area contributed by atoms with Crippen molar-refractivity contribution < 1.29 is 4.74 Å². The van der Waals surface area contributed by atoms with Crippen molar-refractivity contribution >= 4 is 57.3 Å². The number of halogens is 2. The summed E-state index contributed by atoms with van der Waals surface area (Å²) in [6, 6.07) is 3.50. The van der Waals surface area contributed by atoms with Gasteiger partial charge in [0, 0.05) is 32.4 Å². The quantitative estimate of drug-likeness (QED) is 0.386. The highest BCUT2D eigenvalue weighted by molar-refractivity contribution is 7.99. The van der Waals surface area contributed by atoms with E-state index in [1.807, 2.05) is 4.68 Å². The number of thiazole rings is 1. The number of tetrazole rings is 1. The summed E-state index contributed by atoms with van der Waals surface area (Å²) in [5.74, 6) is 0. The molecule has 0 radical (unpaired) electrons. The lowest BCUT2D eigenvalue weighted by Crippen LogP contribution is -2.51. The maximum atomic E-state index is 11.9. The highest BCUT2D eigenvalue weighted by atomic mass is 35.5. The molecule has 0 amide bonds. The number of H-pyrrole nitrogens is 1. The molecule has 15 heteroatoms. The van der Waals surface area contributed by atoms with Gasteiger partial charge in [-0.25, -0.2) is 14.6 Å². The van der Waals surface area contributed by atoms with Gasteiger partial charge in [0.05, 0.1) is 51.3 Å². The van der Waals surface area contributed by atoms with Crippen LogP contribution < -0.4 is 4.87 Å². The van der Waals surface area contributed by atoms with Crippen LogP contribution in [0.2, 0.25) is 10.0 Å². The van der Waals surface area contributed by atoms with Gasteiger partial charge in [-0.15, -0.1) is 5.10 Å². The van der Waals surface area contributed by atoms with Crippen LogP contribution in [0, 0.1) is 0 Å². The fourth-order valence-electron chi connectivity index (χ4n) is 4.48. The van der Waals surface area contributed by atoms with Gasteiger partial charge in [-0.05, 0) is 41.4 Å². The van der Waals surface area contributed by atoms with Crippen molar-refractivity contribution in [1.82, 2.24) is 45.0 Å². The molecule has 2 unspecified atom stereocenters. The normalized spacial score (nSPS) is 21.5. The number of benzene rings is 1. The molecule has 2 aliphatic rings. The number of ether oxygens (including phenoxy) is 1. The number of likely N-dealkylation sites (N-methyl/N-ethyl adjacent to an activating group) is 1. The smallest absolute Gasteiger partial charge is 0.305 e. The molecule has 6 rings (SSSR count). The van der Waals surface area contributed by atoms with E-state index in [9.17, 15) is 4.79 Å². The van der Waals surface area contributed by atoms with Crippen LogP contribution in [0.15, 0.2) is 33.3 Å². The Morgan fingerprint density at radius 2 is 1.81 bits per heavy atom. The van der Waals surface area contributed by atoms with Crippen LogP contribution in [-0.2, 0) is 4.74 Å². The second-order valence-corrected chi connectivity index (χ2v) is 11.5. The third kappa shape index (κ3) is 4.64. The van der Waals surface area contributed by atoms with Gasteiger partial charge < -0.3 is 14.6 Å². The van der Waals surface area contributed by atoms with E-state index in [0.29, 0.717) is 55.0 Å². The number of hydrogen-bond donors (Lipinski definition) is 1. The lowest BCUT2D eigenvalue weighted by Gasteiger charge is -2.37. The van der Waals surface area contributed by atoms with E-state index in [1.54, 1.807) is 18.3 Å². The van der Waals surface area contributed by atoms with Crippen LogP contribution >= 0.6 is 46.3 Å². The first-order valence-electron chi connectivity index (χ1n) is 11.3. The van der Waals surface area contributed by atoms with Crippen molar-refractivity contribution in [3.8, 4) is 10.6 Å². The molecule has 0 aliphatic carbocycles. The minimum Gasteiger partial charge on any atom is -0.377 e. The van der Waals surface area contributed by atoms with E-state index in [-0.39, 0.29) is 17.0 Å². The first-order valence-corrected chi connectivity index (χ1v) is 13.7. The van der Waals surface area contributed by atoms with Gasteiger partial charge >= 0.3 is 4.87 Å². The molecule has 5 heterocycles. The van der Waals surface area contributed by atoms with E-state index < -0.39 is 0 Å². The van der Waals surface area contributed by atoms with Crippen molar-refractivity contribution in [2.24, 2.45) is 0 Å². The molecule has 2 fully saturated rings. The maximum absolute atomic E-state index is 11.9. The average molecular weight is 566 g/mol. The summed E-state index contributed by atoms with van der Waals surface area (Å²) >= 11 is 14.8. The zero-order chi connectivity index (χ0) is 24.8. The minimum absolute atomic E-state index is 0.0284. The Bertz CT molecular complexity index is 1470. The van der Waals surface area contributed by atoms with Crippen LogP contribution in [-0.4, -0.2) is 97.4 Å². The fourth-order valence-corrected chi connectivity index (χ4v) is 6.45. The highest BCUT2D eigenvalue weighted by Gasteiger charge is 2.38. The second-order valence-electron chi connectivity index (χ2n) is 8.69. The molecule has 1 aromatic carbocycles. The van der Waals surface area contributed by atoms with Gasteiger partial charge in [0.15, 0.2) is 0 Å². The molecule has 1 N–H and O–H groups in total. The number of nitrogens with zero attached hydrogens (tertiary/aromatic N) is 8. The monoisotopic (exact) mass is 565 g/mol. The van der Waals surface area contributed by atoms with E-state index in [2.05, 4.69) is 37.4 Å². The van der Waals surface area contributed by atoms with Gasteiger partial charge in [0.1, 0.15) is 10.7 Å². The number of nitrogens with one attached hydrogen (secondary N) is 1. The van der Waals surface area contributed by atoms with E-state index in [4.69, 9.17) is 37.9 Å². The largest absolute Gasteiger partial charge is 0.377 e. The first-order chi connectivity index (χ1) is 17.5. The summed E-state index contributed by atoms with van der Waals surface area (Å²) in [7, 11) is 2.14. The fraction of sp³-hybridized carbons (Fsp3) is 0.429. The summed E-state index contributed by atoms with van der Waals surface area (Å²) < 4.78 is 7.71. The van der Waals surface area contributed by atoms with Crippen molar-refractivity contribution in [1.29, 1.82) is 0 Å². The zero-order valence-electron chi connectivity index (χ0n) is 19.1. The zero-order valence-corrected chi connectivity index (χ0v) is 22.2. The SMILES string of the molecule is CN1CCN(C2COCC2n2nnnc2Sc2nc3cc(Cl)c(Cl)cc3nc2-c2c[nH]c(=O)s2)CC1.